The number of carboxylic acid groups (broad SMARTS) is 1. The van der Waals surface area contributed by atoms with Gasteiger partial charge in [0.25, 0.3) is 0 Å². The molecule has 1 unspecified atom stereocenters. The molecule has 0 aliphatic carbocycles. The lowest BCUT2D eigenvalue weighted by Gasteiger charge is -2.41. The number of rotatable bonds is 6. The molecule has 2 aliphatic rings. The summed E-state index contributed by atoms with van der Waals surface area (Å²) < 4.78 is 0. The molecule has 0 amide bonds. The Labute approximate surface area is 166 Å². The molecule has 150 valence electrons. The number of aromatic nitrogens is 2. The van der Waals surface area contributed by atoms with Gasteiger partial charge in [-0.15, -0.1) is 0 Å². The summed E-state index contributed by atoms with van der Waals surface area (Å²) in [7, 11) is 0. The number of hydrogen-bond donors (Lipinski definition) is 2. The molecule has 2 aromatic rings. The van der Waals surface area contributed by atoms with Crippen molar-refractivity contribution in [1.82, 2.24) is 19.8 Å². The molecular weight excluding hydrogens is 352 g/mol. The highest BCUT2D eigenvalue weighted by Gasteiger charge is 2.51. The van der Waals surface area contributed by atoms with Crippen LogP contribution in [0.5, 0.6) is 0 Å². The molecule has 2 aliphatic heterocycles. The summed E-state index contributed by atoms with van der Waals surface area (Å²) in [5.41, 5.74) is 2.59. The molecule has 6 nitrogen and oxygen atoms in total. The van der Waals surface area contributed by atoms with Crippen molar-refractivity contribution in [2.24, 2.45) is 11.3 Å². The van der Waals surface area contributed by atoms with E-state index in [-0.39, 0.29) is 11.3 Å². The van der Waals surface area contributed by atoms with E-state index in [0.717, 1.165) is 57.8 Å². The summed E-state index contributed by atoms with van der Waals surface area (Å²) in [4.78, 5) is 24.3. The molecule has 2 saturated heterocycles. The lowest BCUT2D eigenvalue weighted by atomic mass is 9.71. The number of likely N-dealkylation sites (tertiary alicyclic amines) is 2. The predicted octanol–water partition coefficient (Wildman–Crippen LogP) is 2.77. The monoisotopic (exact) mass is 382 g/mol. The molecule has 6 heteroatoms. The lowest BCUT2D eigenvalue weighted by molar-refractivity contribution is -0.146. The van der Waals surface area contributed by atoms with E-state index in [1.807, 2.05) is 6.20 Å². The molecule has 0 bridgehead atoms. The molecule has 1 spiro atoms. The maximum absolute atomic E-state index is 12.1. The molecule has 1 aromatic heterocycles. The number of aromatic amines is 1. The second kappa shape index (κ2) is 8.05. The standard InChI is InChI=1S/C22H30N4O2/c1-2-17-5-3-4-6-18(17)13-26-14-19(21(27)28)22(16-26)7-11-25(12-8-22)15-20-23-9-10-24-20/h3-6,9-10,19H,2,7-8,11-16H2,1H3,(H,23,24)(H,27,28). The molecule has 0 saturated carbocycles. The van der Waals surface area contributed by atoms with Crippen LogP contribution in [0.25, 0.3) is 0 Å². The summed E-state index contributed by atoms with van der Waals surface area (Å²) >= 11 is 0. The number of nitrogens with one attached hydrogen (secondary N) is 1. The first-order valence-electron chi connectivity index (χ1n) is 10.3. The summed E-state index contributed by atoms with van der Waals surface area (Å²) in [5, 5.41) is 9.93. The van der Waals surface area contributed by atoms with Crippen LogP contribution in [0, 0.1) is 11.3 Å². The van der Waals surface area contributed by atoms with Gasteiger partial charge < -0.3 is 10.1 Å². The second-order valence-corrected chi connectivity index (χ2v) is 8.36. The smallest absolute Gasteiger partial charge is 0.308 e. The fourth-order valence-electron chi connectivity index (χ4n) is 5.09. The quantitative estimate of drug-likeness (QED) is 0.804. The lowest BCUT2D eigenvalue weighted by Crippen LogP contribution is -2.45. The Hall–Kier alpha value is -2.18. The first-order valence-corrected chi connectivity index (χ1v) is 10.3. The third-order valence-corrected chi connectivity index (χ3v) is 6.69. The van der Waals surface area contributed by atoms with Crippen LogP contribution in [0.2, 0.25) is 0 Å². The first-order chi connectivity index (χ1) is 13.6. The Bertz CT molecular complexity index is 797. The van der Waals surface area contributed by atoms with Gasteiger partial charge in [0.05, 0.1) is 12.5 Å². The highest BCUT2D eigenvalue weighted by atomic mass is 16.4. The van der Waals surface area contributed by atoms with Crippen molar-refractivity contribution >= 4 is 5.97 Å². The van der Waals surface area contributed by atoms with Gasteiger partial charge in [-0.25, -0.2) is 4.98 Å². The number of H-pyrrole nitrogens is 1. The third kappa shape index (κ3) is 3.84. The van der Waals surface area contributed by atoms with Crippen molar-refractivity contribution in [3.63, 3.8) is 0 Å². The largest absolute Gasteiger partial charge is 0.481 e. The van der Waals surface area contributed by atoms with Crippen LogP contribution in [0.1, 0.15) is 36.7 Å². The van der Waals surface area contributed by atoms with Crippen molar-refractivity contribution in [3.8, 4) is 0 Å². The Balaban J connectivity index is 1.44. The van der Waals surface area contributed by atoms with Gasteiger partial charge in [0.2, 0.25) is 0 Å². The average Bonchev–Trinajstić information content (AvgIpc) is 3.32. The van der Waals surface area contributed by atoms with Crippen molar-refractivity contribution in [2.75, 3.05) is 26.2 Å². The highest BCUT2D eigenvalue weighted by Crippen LogP contribution is 2.45. The normalized spacial score (nSPS) is 22.7. The van der Waals surface area contributed by atoms with Gasteiger partial charge in [-0.3, -0.25) is 14.6 Å². The number of aliphatic carboxylic acids is 1. The van der Waals surface area contributed by atoms with Gasteiger partial charge in [0.1, 0.15) is 5.82 Å². The maximum Gasteiger partial charge on any atom is 0.308 e. The Kier molecular flexibility index (Phi) is 5.51. The van der Waals surface area contributed by atoms with Crippen LogP contribution in [-0.2, 0) is 24.3 Å². The minimum atomic E-state index is -0.634. The number of carbonyl (C=O) groups is 1. The van der Waals surface area contributed by atoms with E-state index in [2.05, 4.69) is 51.0 Å². The summed E-state index contributed by atoms with van der Waals surface area (Å²) in [6.07, 6.45) is 6.53. The van der Waals surface area contributed by atoms with E-state index in [1.165, 1.54) is 11.1 Å². The van der Waals surface area contributed by atoms with E-state index >= 15 is 0 Å². The first kappa shape index (κ1) is 19.2. The summed E-state index contributed by atoms with van der Waals surface area (Å²) in [5.74, 6) is 0.0766. The van der Waals surface area contributed by atoms with E-state index < -0.39 is 5.97 Å². The molecule has 0 radical (unpaired) electrons. The van der Waals surface area contributed by atoms with E-state index in [0.29, 0.717) is 6.54 Å². The van der Waals surface area contributed by atoms with Gasteiger partial charge in [0.15, 0.2) is 0 Å². The average molecular weight is 383 g/mol. The number of hydrogen-bond acceptors (Lipinski definition) is 4. The zero-order chi connectivity index (χ0) is 19.6. The molecule has 1 aromatic carbocycles. The van der Waals surface area contributed by atoms with Crippen molar-refractivity contribution in [3.05, 3.63) is 53.6 Å². The van der Waals surface area contributed by atoms with Crippen LogP contribution in [0.15, 0.2) is 36.7 Å². The van der Waals surface area contributed by atoms with E-state index in [9.17, 15) is 9.90 Å². The van der Waals surface area contributed by atoms with Gasteiger partial charge in [0, 0.05) is 37.4 Å². The predicted molar refractivity (Wildman–Crippen MR) is 108 cm³/mol. The molecule has 28 heavy (non-hydrogen) atoms. The van der Waals surface area contributed by atoms with Gasteiger partial charge in [-0.2, -0.15) is 0 Å². The second-order valence-electron chi connectivity index (χ2n) is 8.36. The molecular formula is C22H30N4O2. The van der Waals surface area contributed by atoms with Crippen LogP contribution >= 0.6 is 0 Å². The van der Waals surface area contributed by atoms with Gasteiger partial charge >= 0.3 is 5.97 Å². The number of benzene rings is 1. The summed E-state index contributed by atoms with van der Waals surface area (Å²) in [6, 6.07) is 8.54. The fraction of sp³-hybridized carbons (Fsp3) is 0.545. The van der Waals surface area contributed by atoms with Crippen molar-refractivity contribution < 1.29 is 9.90 Å². The number of aryl methyl sites for hydroxylation is 1. The summed E-state index contributed by atoms with van der Waals surface area (Å²) in [6.45, 7) is 7.26. The van der Waals surface area contributed by atoms with Gasteiger partial charge in [-0.05, 0) is 43.5 Å². The number of imidazole rings is 1. The van der Waals surface area contributed by atoms with Crippen molar-refractivity contribution in [1.29, 1.82) is 0 Å². The topological polar surface area (TPSA) is 72.5 Å². The zero-order valence-electron chi connectivity index (χ0n) is 16.6. The molecule has 2 fully saturated rings. The molecule has 4 rings (SSSR count). The Morgan fingerprint density at radius 1 is 1.21 bits per heavy atom. The minimum Gasteiger partial charge on any atom is -0.481 e. The Morgan fingerprint density at radius 2 is 1.96 bits per heavy atom. The van der Waals surface area contributed by atoms with Crippen LogP contribution in [0.4, 0.5) is 0 Å². The maximum atomic E-state index is 12.1. The molecule has 3 heterocycles. The van der Waals surface area contributed by atoms with Gasteiger partial charge in [-0.1, -0.05) is 31.2 Å². The SMILES string of the molecule is CCc1ccccc1CN1CC(C(=O)O)C2(CCN(Cc3ncc[nH]3)CC2)C1. The zero-order valence-corrected chi connectivity index (χ0v) is 16.6. The Morgan fingerprint density at radius 3 is 2.61 bits per heavy atom. The number of carboxylic acids is 1. The molecule has 2 N–H and O–H groups in total. The van der Waals surface area contributed by atoms with Crippen molar-refractivity contribution in [2.45, 2.75) is 39.3 Å². The number of piperidine rings is 1. The third-order valence-electron chi connectivity index (χ3n) is 6.69. The van der Waals surface area contributed by atoms with Crippen LogP contribution in [0.3, 0.4) is 0 Å². The molecule has 1 atom stereocenters. The fourth-order valence-corrected chi connectivity index (χ4v) is 5.09. The van der Waals surface area contributed by atoms with Crippen LogP contribution < -0.4 is 0 Å². The minimum absolute atomic E-state index is 0.105. The highest BCUT2D eigenvalue weighted by molar-refractivity contribution is 5.72. The van der Waals surface area contributed by atoms with E-state index in [4.69, 9.17) is 0 Å². The number of nitrogens with zero attached hydrogens (tertiary/aromatic N) is 3. The van der Waals surface area contributed by atoms with E-state index in [1.54, 1.807) is 6.20 Å². The van der Waals surface area contributed by atoms with Crippen LogP contribution in [-0.4, -0.2) is 57.0 Å².